The van der Waals surface area contributed by atoms with Crippen molar-refractivity contribution in [1.82, 2.24) is 5.32 Å². The molecule has 1 fully saturated rings. The highest BCUT2D eigenvalue weighted by atomic mass is 16.5. The third-order valence-electron chi connectivity index (χ3n) is 1.84. The molecule has 1 saturated heterocycles. The SMILES string of the molecule is CC(C)OC[C@H]1CNCCCO1. The van der Waals surface area contributed by atoms with Gasteiger partial charge in [-0.2, -0.15) is 0 Å². The fourth-order valence-corrected chi connectivity index (χ4v) is 1.18. The molecule has 1 aliphatic heterocycles. The van der Waals surface area contributed by atoms with Gasteiger partial charge < -0.3 is 14.8 Å². The van der Waals surface area contributed by atoms with Crippen molar-refractivity contribution in [3.8, 4) is 0 Å². The Balaban J connectivity index is 2.12. The summed E-state index contributed by atoms with van der Waals surface area (Å²) in [6.07, 6.45) is 1.66. The zero-order chi connectivity index (χ0) is 8.81. The van der Waals surface area contributed by atoms with Crippen LogP contribution < -0.4 is 5.32 Å². The predicted molar refractivity (Wildman–Crippen MR) is 48.3 cm³/mol. The average Bonchev–Trinajstić information content (AvgIpc) is 2.28. The van der Waals surface area contributed by atoms with Crippen molar-refractivity contribution >= 4 is 0 Å². The van der Waals surface area contributed by atoms with Crippen molar-refractivity contribution in [2.24, 2.45) is 0 Å². The van der Waals surface area contributed by atoms with Gasteiger partial charge in [-0.1, -0.05) is 0 Å². The molecule has 1 aliphatic rings. The Morgan fingerprint density at radius 2 is 2.42 bits per heavy atom. The van der Waals surface area contributed by atoms with Crippen LogP contribution in [0.2, 0.25) is 0 Å². The van der Waals surface area contributed by atoms with E-state index in [0.717, 1.165) is 26.1 Å². The lowest BCUT2D eigenvalue weighted by Gasteiger charge is -2.16. The van der Waals surface area contributed by atoms with Gasteiger partial charge in [-0.25, -0.2) is 0 Å². The second-order valence-electron chi connectivity index (χ2n) is 3.43. The molecule has 72 valence electrons. The number of rotatable bonds is 3. The number of ether oxygens (including phenoxy) is 2. The monoisotopic (exact) mass is 173 g/mol. The lowest BCUT2D eigenvalue weighted by atomic mass is 10.3. The summed E-state index contributed by atoms with van der Waals surface area (Å²) in [4.78, 5) is 0. The minimum absolute atomic E-state index is 0.245. The molecule has 0 saturated carbocycles. The maximum atomic E-state index is 5.57. The van der Waals surface area contributed by atoms with Crippen LogP contribution in [0.1, 0.15) is 20.3 Å². The maximum absolute atomic E-state index is 5.57. The minimum Gasteiger partial charge on any atom is -0.376 e. The van der Waals surface area contributed by atoms with Gasteiger partial charge in [0.15, 0.2) is 0 Å². The van der Waals surface area contributed by atoms with E-state index in [1.54, 1.807) is 0 Å². The minimum atomic E-state index is 0.245. The first-order valence-electron chi connectivity index (χ1n) is 4.73. The molecule has 0 radical (unpaired) electrons. The van der Waals surface area contributed by atoms with Gasteiger partial charge in [0, 0.05) is 13.2 Å². The Labute approximate surface area is 74.4 Å². The third kappa shape index (κ3) is 4.04. The van der Waals surface area contributed by atoms with Crippen LogP contribution in [0.25, 0.3) is 0 Å². The number of hydrogen-bond acceptors (Lipinski definition) is 3. The lowest BCUT2D eigenvalue weighted by Crippen LogP contribution is -2.31. The fraction of sp³-hybridized carbons (Fsp3) is 1.00. The largest absolute Gasteiger partial charge is 0.376 e. The molecule has 3 nitrogen and oxygen atoms in total. The molecule has 1 heterocycles. The summed E-state index contributed by atoms with van der Waals surface area (Å²) in [5.74, 6) is 0. The molecule has 0 spiro atoms. The lowest BCUT2D eigenvalue weighted by molar-refractivity contribution is -0.0271. The highest BCUT2D eigenvalue weighted by Gasteiger charge is 2.12. The molecule has 0 aromatic carbocycles. The summed E-state index contributed by atoms with van der Waals surface area (Å²) in [5.41, 5.74) is 0. The molecule has 0 amide bonds. The molecular weight excluding hydrogens is 154 g/mol. The van der Waals surface area contributed by atoms with E-state index < -0.39 is 0 Å². The molecule has 1 N–H and O–H groups in total. The maximum Gasteiger partial charge on any atom is 0.0932 e. The van der Waals surface area contributed by atoms with Gasteiger partial charge in [-0.3, -0.25) is 0 Å². The van der Waals surface area contributed by atoms with Crippen molar-refractivity contribution in [3.63, 3.8) is 0 Å². The van der Waals surface area contributed by atoms with Gasteiger partial charge in [0.1, 0.15) is 0 Å². The fourth-order valence-electron chi connectivity index (χ4n) is 1.18. The summed E-state index contributed by atoms with van der Waals surface area (Å²) in [7, 11) is 0. The first kappa shape index (κ1) is 9.96. The zero-order valence-corrected chi connectivity index (χ0v) is 8.01. The van der Waals surface area contributed by atoms with Crippen LogP contribution in [0.5, 0.6) is 0 Å². The summed E-state index contributed by atoms with van der Waals surface area (Å²) in [6, 6.07) is 0. The number of nitrogens with one attached hydrogen (secondary N) is 1. The summed E-state index contributed by atoms with van der Waals surface area (Å²) in [6.45, 7) is 7.66. The van der Waals surface area contributed by atoms with Gasteiger partial charge in [-0.05, 0) is 26.8 Å². The van der Waals surface area contributed by atoms with Crippen LogP contribution >= 0.6 is 0 Å². The van der Waals surface area contributed by atoms with Crippen molar-refractivity contribution in [1.29, 1.82) is 0 Å². The van der Waals surface area contributed by atoms with E-state index in [9.17, 15) is 0 Å². The van der Waals surface area contributed by atoms with E-state index in [0.29, 0.717) is 12.7 Å². The van der Waals surface area contributed by atoms with Crippen LogP contribution in [0.3, 0.4) is 0 Å². The Hall–Kier alpha value is -0.120. The van der Waals surface area contributed by atoms with Gasteiger partial charge in [0.2, 0.25) is 0 Å². The first-order valence-corrected chi connectivity index (χ1v) is 4.73. The van der Waals surface area contributed by atoms with E-state index in [1.807, 2.05) is 13.8 Å². The van der Waals surface area contributed by atoms with E-state index in [4.69, 9.17) is 9.47 Å². The molecule has 0 aromatic heterocycles. The third-order valence-corrected chi connectivity index (χ3v) is 1.84. The molecule has 3 heteroatoms. The predicted octanol–water partition coefficient (Wildman–Crippen LogP) is 0.790. The summed E-state index contributed by atoms with van der Waals surface area (Å²) in [5, 5.41) is 3.32. The highest BCUT2D eigenvalue weighted by molar-refractivity contribution is 4.65. The second-order valence-corrected chi connectivity index (χ2v) is 3.43. The Kier molecular flexibility index (Phi) is 4.58. The smallest absolute Gasteiger partial charge is 0.0932 e. The van der Waals surface area contributed by atoms with Gasteiger partial charge in [0.05, 0.1) is 18.8 Å². The quantitative estimate of drug-likeness (QED) is 0.684. The second kappa shape index (κ2) is 5.51. The Morgan fingerprint density at radius 1 is 1.58 bits per heavy atom. The van der Waals surface area contributed by atoms with Crippen LogP contribution in [0.15, 0.2) is 0 Å². The first-order chi connectivity index (χ1) is 5.79. The van der Waals surface area contributed by atoms with Gasteiger partial charge >= 0.3 is 0 Å². The number of hydrogen-bond donors (Lipinski definition) is 1. The molecule has 1 atom stereocenters. The molecule has 0 bridgehead atoms. The van der Waals surface area contributed by atoms with Crippen molar-refractivity contribution in [3.05, 3.63) is 0 Å². The van der Waals surface area contributed by atoms with Crippen LogP contribution in [-0.2, 0) is 9.47 Å². The molecule has 0 aliphatic carbocycles. The van der Waals surface area contributed by atoms with Crippen LogP contribution in [-0.4, -0.2) is 38.5 Å². The molecule has 0 aromatic rings. The average molecular weight is 173 g/mol. The van der Waals surface area contributed by atoms with Crippen molar-refractivity contribution in [2.45, 2.75) is 32.5 Å². The van der Waals surface area contributed by atoms with E-state index in [-0.39, 0.29) is 6.10 Å². The Morgan fingerprint density at radius 3 is 3.17 bits per heavy atom. The topological polar surface area (TPSA) is 30.5 Å². The van der Waals surface area contributed by atoms with E-state index in [2.05, 4.69) is 5.32 Å². The van der Waals surface area contributed by atoms with Crippen LogP contribution in [0, 0.1) is 0 Å². The Bertz CT molecular complexity index is 109. The molecule has 12 heavy (non-hydrogen) atoms. The summed E-state index contributed by atoms with van der Waals surface area (Å²) < 4.78 is 11.0. The van der Waals surface area contributed by atoms with Gasteiger partial charge in [0.25, 0.3) is 0 Å². The van der Waals surface area contributed by atoms with Crippen molar-refractivity contribution in [2.75, 3.05) is 26.3 Å². The molecular formula is C9H19NO2. The van der Waals surface area contributed by atoms with Gasteiger partial charge in [-0.15, -0.1) is 0 Å². The molecule has 1 rings (SSSR count). The van der Waals surface area contributed by atoms with E-state index >= 15 is 0 Å². The van der Waals surface area contributed by atoms with E-state index in [1.165, 1.54) is 0 Å². The summed E-state index contributed by atoms with van der Waals surface area (Å²) >= 11 is 0. The molecule has 0 unspecified atom stereocenters. The normalized spacial score (nSPS) is 25.8. The zero-order valence-electron chi connectivity index (χ0n) is 8.01. The van der Waals surface area contributed by atoms with Crippen LogP contribution in [0.4, 0.5) is 0 Å². The standard InChI is InChI=1S/C9H19NO2/c1-8(2)12-7-9-6-10-4-3-5-11-9/h8-10H,3-7H2,1-2H3/t9-/m1/s1. The highest BCUT2D eigenvalue weighted by Crippen LogP contribution is 1.99. The van der Waals surface area contributed by atoms with Crippen molar-refractivity contribution < 1.29 is 9.47 Å².